The topological polar surface area (TPSA) is 63.6 Å². The number of hydrogen-bond donors (Lipinski definition) is 1. The molecule has 0 fully saturated rings. The summed E-state index contributed by atoms with van der Waals surface area (Å²) in [5.41, 5.74) is 2.32. The number of carbonyl (C=O) groups is 2. The number of rotatable bonds is 7. The third-order valence-corrected chi connectivity index (χ3v) is 4.30. The molecule has 0 spiro atoms. The SMILES string of the molecule is O=C(O[C@@H](Cc1ccccc1)C(=O)O)C(c1ccccc1)c1ccccc1. The zero-order chi connectivity index (χ0) is 19.1. The zero-order valence-electron chi connectivity index (χ0n) is 14.7. The lowest BCUT2D eigenvalue weighted by atomic mass is 9.91. The molecule has 136 valence electrons. The first kappa shape index (κ1) is 18.4. The van der Waals surface area contributed by atoms with E-state index in [2.05, 4.69) is 0 Å². The lowest BCUT2D eigenvalue weighted by molar-refractivity contribution is -0.164. The summed E-state index contributed by atoms with van der Waals surface area (Å²) in [5.74, 6) is -2.41. The molecule has 0 radical (unpaired) electrons. The molecule has 4 nitrogen and oxygen atoms in total. The van der Waals surface area contributed by atoms with E-state index >= 15 is 0 Å². The molecule has 0 saturated carbocycles. The average Bonchev–Trinajstić information content (AvgIpc) is 2.70. The molecule has 3 aromatic rings. The van der Waals surface area contributed by atoms with Crippen LogP contribution in [0.25, 0.3) is 0 Å². The van der Waals surface area contributed by atoms with E-state index in [1.165, 1.54) is 0 Å². The summed E-state index contributed by atoms with van der Waals surface area (Å²) in [6, 6.07) is 27.6. The van der Waals surface area contributed by atoms with Crippen LogP contribution in [0.2, 0.25) is 0 Å². The van der Waals surface area contributed by atoms with Crippen molar-refractivity contribution in [3.8, 4) is 0 Å². The number of carboxylic acids is 1. The molecule has 0 aliphatic rings. The van der Waals surface area contributed by atoms with E-state index in [1.807, 2.05) is 91.0 Å². The van der Waals surface area contributed by atoms with Crippen LogP contribution in [-0.4, -0.2) is 23.1 Å². The third-order valence-electron chi connectivity index (χ3n) is 4.30. The van der Waals surface area contributed by atoms with Crippen molar-refractivity contribution >= 4 is 11.9 Å². The molecule has 4 heteroatoms. The fourth-order valence-corrected chi connectivity index (χ4v) is 2.97. The first-order valence-electron chi connectivity index (χ1n) is 8.72. The number of esters is 1. The molecular weight excluding hydrogens is 340 g/mol. The Labute approximate surface area is 158 Å². The van der Waals surface area contributed by atoms with Gasteiger partial charge in [0.25, 0.3) is 0 Å². The second kappa shape index (κ2) is 8.81. The van der Waals surface area contributed by atoms with Crippen molar-refractivity contribution < 1.29 is 19.4 Å². The molecule has 0 aliphatic heterocycles. The molecule has 3 aromatic carbocycles. The van der Waals surface area contributed by atoms with Crippen LogP contribution < -0.4 is 0 Å². The zero-order valence-corrected chi connectivity index (χ0v) is 14.7. The van der Waals surface area contributed by atoms with Gasteiger partial charge in [-0.05, 0) is 16.7 Å². The van der Waals surface area contributed by atoms with Crippen molar-refractivity contribution in [2.75, 3.05) is 0 Å². The predicted octanol–water partition coefficient (Wildman–Crippen LogP) is 4.06. The Kier molecular flexibility index (Phi) is 6.00. The minimum Gasteiger partial charge on any atom is -0.478 e. The van der Waals surface area contributed by atoms with Crippen molar-refractivity contribution in [3.05, 3.63) is 108 Å². The van der Waals surface area contributed by atoms with Gasteiger partial charge in [-0.3, -0.25) is 4.79 Å². The van der Waals surface area contributed by atoms with Crippen molar-refractivity contribution in [3.63, 3.8) is 0 Å². The van der Waals surface area contributed by atoms with E-state index in [1.54, 1.807) is 0 Å². The summed E-state index contributed by atoms with van der Waals surface area (Å²) in [4.78, 5) is 24.6. The standard InChI is InChI=1S/C23H20O4/c24-22(25)20(16-17-10-4-1-5-11-17)27-23(26)21(18-12-6-2-7-13-18)19-14-8-3-9-15-19/h1-15,20-21H,16H2,(H,24,25)/t20-/m0/s1. The van der Waals surface area contributed by atoms with E-state index in [4.69, 9.17) is 4.74 Å². The van der Waals surface area contributed by atoms with Gasteiger partial charge in [-0.15, -0.1) is 0 Å². The fraction of sp³-hybridized carbons (Fsp3) is 0.130. The van der Waals surface area contributed by atoms with E-state index in [9.17, 15) is 14.7 Å². The maximum atomic E-state index is 13.0. The van der Waals surface area contributed by atoms with E-state index in [0.29, 0.717) is 0 Å². The summed E-state index contributed by atoms with van der Waals surface area (Å²) in [5, 5.41) is 9.53. The van der Waals surface area contributed by atoms with Gasteiger partial charge in [0.05, 0.1) is 0 Å². The monoisotopic (exact) mass is 360 g/mol. The molecule has 0 aromatic heterocycles. The summed E-state index contributed by atoms with van der Waals surface area (Å²) in [7, 11) is 0. The maximum Gasteiger partial charge on any atom is 0.345 e. The van der Waals surface area contributed by atoms with Crippen LogP contribution in [0.15, 0.2) is 91.0 Å². The highest BCUT2D eigenvalue weighted by Gasteiger charge is 2.29. The molecule has 1 N–H and O–H groups in total. The van der Waals surface area contributed by atoms with Crippen LogP contribution in [-0.2, 0) is 20.7 Å². The van der Waals surface area contributed by atoms with E-state index in [0.717, 1.165) is 16.7 Å². The van der Waals surface area contributed by atoms with Gasteiger partial charge in [-0.1, -0.05) is 91.0 Å². The van der Waals surface area contributed by atoms with Gasteiger partial charge in [0.1, 0.15) is 5.92 Å². The molecule has 27 heavy (non-hydrogen) atoms. The van der Waals surface area contributed by atoms with Crippen molar-refractivity contribution in [1.29, 1.82) is 0 Å². The summed E-state index contributed by atoms with van der Waals surface area (Å²) in [6.07, 6.45) is -1.12. The van der Waals surface area contributed by atoms with E-state index in [-0.39, 0.29) is 6.42 Å². The second-order valence-electron chi connectivity index (χ2n) is 6.21. The Morgan fingerprint density at radius 3 is 1.63 bits per heavy atom. The highest BCUT2D eigenvalue weighted by Crippen LogP contribution is 2.26. The maximum absolute atomic E-state index is 13.0. The minimum atomic E-state index is -1.24. The predicted molar refractivity (Wildman–Crippen MR) is 102 cm³/mol. The molecule has 1 atom stereocenters. The molecule has 0 unspecified atom stereocenters. The molecule has 0 aliphatic carbocycles. The molecule has 3 rings (SSSR count). The number of ether oxygens (including phenoxy) is 1. The first-order valence-corrected chi connectivity index (χ1v) is 8.72. The quantitative estimate of drug-likeness (QED) is 0.646. The molecular formula is C23H20O4. The van der Waals surface area contributed by atoms with Crippen LogP contribution in [0.3, 0.4) is 0 Å². The van der Waals surface area contributed by atoms with Gasteiger partial charge in [0.2, 0.25) is 6.10 Å². The average molecular weight is 360 g/mol. The summed E-state index contributed by atoms with van der Waals surface area (Å²) < 4.78 is 5.45. The highest BCUT2D eigenvalue weighted by atomic mass is 16.6. The number of benzene rings is 3. The fourth-order valence-electron chi connectivity index (χ4n) is 2.97. The number of hydrogen-bond acceptors (Lipinski definition) is 3. The van der Waals surface area contributed by atoms with E-state index < -0.39 is 24.0 Å². The minimum absolute atomic E-state index is 0.123. The number of carbonyl (C=O) groups excluding carboxylic acids is 1. The second-order valence-corrected chi connectivity index (χ2v) is 6.21. The van der Waals surface area contributed by atoms with Crippen LogP contribution in [0, 0.1) is 0 Å². The Balaban J connectivity index is 1.86. The van der Waals surface area contributed by atoms with Crippen LogP contribution in [0.5, 0.6) is 0 Å². The van der Waals surface area contributed by atoms with Gasteiger partial charge in [-0.25, -0.2) is 4.79 Å². The van der Waals surface area contributed by atoms with Crippen LogP contribution >= 0.6 is 0 Å². The summed E-state index contributed by atoms with van der Waals surface area (Å²) >= 11 is 0. The number of aliphatic carboxylic acids is 1. The Morgan fingerprint density at radius 2 is 1.19 bits per heavy atom. The van der Waals surface area contributed by atoms with Gasteiger partial charge in [-0.2, -0.15) is 0 Å². The van der Waals surface area contributed by atoms with Gasteiger partial charge in [0, 0.05) is 6.42 Å². The van der Waals surface area contributed by atoms with Gasteiger partial charge < -0.3 is 9.84 Å². The van der Waals surface area contributed by atoms with Crippen molar-refractivity contribution in [1.82, 2.24) is 0 Å². The lowest BCUT2D eigenvalue weighted by Gasteiger charge is -2.20. The normalized spacial score (nSPS) is 11.7. The van der Waals surface area contributed by atoms with Crippen molar-refractivity contribution in [2.45, 2.75) is 18.4 Å². The Hall–Kier alpha value is -3.40. The third kappa shape index (κ3) is 4.82. The molecule has 0 saturated heterocycles. The smallest absolute Gasteiger partial charge is 0.345 e. The van der Waals surface area contributed by atoms with Crippen LogP contribution in [0.1, 0.15) is 22.6 Å². The first-order chi connectivity index (χ1) is 13.1. The summed E-state index contributed by atoms with van der Waals surface area (Å²) in [6.45, 7) is 0. The highest BCUT2D eigenvalue weighted by molar-refractivity contribution is 5.85. The molecule has 0 heterocycles. The molecule has 0 amide bonds. The van der Waals surface area contributed by atoms with Gasteiger partial charge >= 0.3 is 11.9 Å². The lowest BCUT2D eigenvalue weighted by Crippen LogP contribution is -2.31. The molecule has 0 bridgehead atoms. The Bertz CT molecular complexity index is 837. The van der Waals surface area contributed by atoms with Crippen molar-refractivity contribution in [2.24, 2.45) is 0 Å². The number of carboxylic acid groups (broad SMARTS) is 1. The largest absolute Gasteiger partial charge is 0.478 e. The van der Waals surface area contributed by atoms with Gasteiger partial charge in [0.15, 0.2) is 0 Å². The van der Waals surface area contributed by atoms with Crippen LogP contribution in [0.4, 0.5) is 0 Å². The Morgan fingerprint density at radius 1 is 0.741 bits per heavy atom.